The lowest BCUT2D eigenvalue weighted by molar-refractivity contribution is 0.0520. The lowest BCUT2D eigenvalue weighted by Gasteiger charge is -2.19. The summed E-state index contributed by atoms with van der Waals surface area (Å²) in [5, 5.41) is 5.51. The third-order valence-electron chi connectivity index (χ3n) is 3.47. The van der Waals surface area contributed by atoms with E-state index in [1.54, 1.807) is 39.0 Å². The Morgan fingerprint density at radius 3 is 2.43 bits per heavy atom. The van der Waals surface area contributed by atoms with E-state index in [-0.39, 0.29) is 19.1 Å². The maximum Gasteiger partial charge on any atom is 0.407 e. The van der Waals surface area contributed by atoms with E-state index in [0.717, 1.165) is 10.0 Å². The zero-order valence-corrected chi connectivity index (χ0v) is 17.8. The maximum absolute atomic E-state index is 12.4. The van der Waals surface area contributed by atoms with Gasteiger partial charge in [-0.2, -0.15) is 0 Å². The Morgan fingerprint density at radius 1 is 1.04 bits per heavy atom. The molecule has 0 saturated heterocycles. The third-order valence-corrected chi connectivity index (χ3v) is 3.93. The Balaban J connectivity index is 1.85. The summed E-state index contributed by atoms with van der Waals surface area (Å²) in [5.41, 5.74) is 0.966. The number of amides is 2. The van der Waals surface area contributed by atoms with Crippen molar-refractivity contribution < 1.29 is 19.1 Å². The van der Waals surface area contributed by atoms with Crippen LogP contribution in [0.1, 0.15) is 36.7 Å². The van der Waals surface area contributed by atoms with Gasteiger partial charge in [0, 0.05) is 16.6 Å². The Bertz CT molecular complexity index is 804. The first kappa shape index (κ1) is 21.8. The molecule has 0 aromatic heterocycles. The van der Waals surface area contributed by atoms with Gasteiger partial charge in [-0.15, -0.1) is 0 Å². The van der Waals surface area contributed by atoms with Crippen LogP contribution in [-0.2, 0) is 11.3 Å². The monoisotopic (exact) mass is 448 g/mol. The number of rotatable bonds is 7. The molecule has 0 spiro atoms. The molecule has 0 unspecified atom stereocenters. The zero-order chi connectivity index (χ0) is 20.6. The molecule has 2 N–H and O–H groups in total. The van der Waals surface area contributed by atoms with Gasteiger partial charge in [0.05, 0.1) is 6.54 Å². The van der Waals surface area contributed by atoms with Crippen LogP contribution in [0.25, 0.3) is 0 Å². The molecule has 28 heavy (non-hydrogen) atoms. The van der Waals surface area contributed by atoms with Crippen molar-refractivity contribution in [2.45, 2.75) is 32.9 Å². The topological polar surface area (TPSA) is 76.7 Å². The Labute approximate surface area is 173 Å². The average Bonchev–Trinajstić information content (AvgIpc) is 2.62. The van der Waals surface area contributed by atoms with E-state index in [2.05, 4.69) is 26.6 Å². The molecule has 0 aliphatic rings. The number of hydrogen-bond donors (Lipinski definition) is 2. The fraction of sp³-hybridized carbons (Fsp3) is 0.333. The van der Waals surface area contributed by atoms with Crippen LogP contribution in [0.3, 0.4) is 0 Å². The first-order valence-corrected chi connectivity index (χ1v) is 9.74. The minimum atomic E-state index is -0.544. The molecule has 0 saturated carbocycles. The minimum Gasteiger partial charge on any atom is -0.492 e. The van der Waals surface area contributed by atoms with Crippen molar-refractivity contribution >= 4 is 27.9 Å². The van der Waals surface area contributed by atoms with E-state index < -0.39 is 11.7 Å². The Morgan fingerprint density at radius 2 is 1.75 bits per heavy atom. The number of carbonyl (C=O) groups is 2. The number of alkyl carbamates (subject to hydrolysis) is 1. The predicted molar refractivity (Wildman–Crippen MR) is 111 cm³/mol. The predicted octanol–water partition coefficient (Wildman–Crippen LogP) is 4.28. The maximum atomic E-state index is 12.4. The number of halogens is 1. The van der Waals surface area contributed by atoms with Gasteiger partial charge in [0.15, 0.2) is 0 Å². The van der Waals surface area contributed by atoms with Crippen LogP contribution in [0, 0.1) is 0 Å². The van der Waals surface area contributed by atoms with E-state index in [1.165, 1.54) is 0 Å². The first-order chi connectivity index (χ1) is 13.2. The summed E-state index contributed by atoms with van der Waals surface area (Å²) in [5.74, 6) is 0.340. The van der Waals surface area contributed by atoms with Gasteiger partial charge in [-0.3, -0.25) is 4.79 Å². The molecule has 0 heterocycles. The van der Waals surface area contributed by atoms with Crippen LogP contribution in [0.5, 0.6) is 5.75 Å². The number of nitrogens with one attached hydrogen (secondary N) is 2. The first-order valence-electron chi connectivity index (χ1n) is 8.95. The molecule has 0 aliphatic heterocycles. The van der Waals surface area contributed by atoms with Crippen molar-refractivity contribution in [2.24, 2.45) is 0 Å². The molecule has 0 aliphatic carbocycles. The van der Waals surface area contributed by atoms with Gasteiger partial charge < -0.3 is 20.1 Å². The molecule has 7 heteroatoms. The average molecular weight is 449 g/mol. The van der Waals surface area contributed by atoms with Crippen LogP contribution in [-0.4, -0.2) is 30.8 Å². The van der Waals surface area contributed by atoms with Crippen LogP contribution < -0.4 is 15.4 Å². The molecular weight excluding hydrogens is 424 g/mol. The van der Waals surface area contributed by atoms with Crippen molar-refractivity contribution in [3.05, 3.63) is 64.1 Å². The van der Waals surface area contributed by atoms with Gasteiger partial charge in [-0.1, -0.05) is 46.3 Å². The van der Waals surface area contributed by atoms with Gasteiger partial charge in [0.2, 0.25) is 0 Å². The lowest BCUT2D eigenvalue weighted by Crippen LogP contribution is -2.34. The number of benzene rings is 2. The second-order valence-electron chi connectivity index (χ2n) is 7.12. The number of carbonyl (C=O) groups excluding carboxylic acids is 2. The van der Waals surface area contributed by atoms with Crippen LogP contribution in [0.4, 0.5) is 4.79 Å². The molecule has 2 amide bonds. The highest BCUT2D eigenvalue weighted by Gasteiger charge is 2.15. The van der Waals surface area contributed by atoms with Gasteiger partial charge >= 0.3 is 6.09 Å². The molecule has 2 aromatic carbocycles. The molecule has 0 radical (unpaired) electrons. The third kappa shape index (κ3) is 8.00. The molecule has 2 aromatic rings. The largest absolute Gasteiger partial charge is 0.492 e. The SMILES string of the molecule is CC(C)(C)OC(=O)NCCOc1cc(Br)cc(C(=O)NCc2ccccc2)c1. The van der Waals surface area contributed by atoms with Gasteiger partial charge in [-0.05, 0) is 44.5 Å². The highest BCUT2D eigenvalue weighted by molar-refractivity contribution is 9.10. The van der Waals surface area contributed by atoms with Crippen LogP contribution in [0.2, 0.25) is 0 Å². The van der Waals surface area contributed by atoms with Gasteiger partial charge in [0.25, 0.3) is 5.91 Å². The van der Waals surface area contributed by atoms with Crippen molar-refractivity contribution in [1.82, 2.24) is 10.6 Å². The van der Waals surface area contributed by atoms with E-state index in [0.29, 0.717) is 17.9 Å². The summed E-state index contributed by atoms with van der Waals surface area (Å²) in [6.45, 7) is 6.39. The van der Waals surface area contributed by atoms with E-state index >= 15 is 0 Å². The molecular formula is C21H25BrN2O4. The smallest absolute Gasteiger partial charge is 0.407 e. The van der Waals surface area contributed by atoms with E-state index in [4.69, 9.17) is 9.47 Å². The normalized spacial score (nSPS) is 10.9. The summed E-state index contributed by atoms with van der Waals surface area (Å²) in [6, 6.07) is 14.9. The van der Waals surface area contributed by atoms with Crippen molar-refractivity contribution in [1.29, 1.82) is 0 Å². The molecule has 0 atom stereocenters. The lowest BCUT2D eigenvalue weighted by atomic mass is 10.2. The molecule has 0 fully saturated rings. The van der Waals surface area contributed by atoms with E-state index in [9.17, 15) is 9.59 Å². The van der Waals surface area contributed by atoms with Crippen molar-refractivity contribution in [3.63, 3.8) is 0 Å². The summed E-state index contributed by atoms with van der Waals surface area (Å²) in [4.78, 5) is 24.0. The van der Waals surface area contributed by atoms with Gasteiger partial charge in [-0.25, -0.2) is 4.79 Å². The molecule has 2 rings (SSSR count). The Kier molecular flexibility index (Phi) is 7.87. The summed E-state index contributed by atoms with van der Waals surface area (Å²) in [7, 11) is 0. The molecule has 6 nitrogen and oxygen atoms in total. The number of ether oxygens (including phenoxy) is 2. The highest BCUT2D eigenvalue weighted by Crippen LogP contribution is 2.21. The second kappa shape index (κ2) is 10.1. The summed E-state index contributed by atoms with van der Waals surface area (Å²) >= 11 is 3.39. The van der Waals surface area contributed by atoms with E-state index in [1.807, 2.05) is 30.3 Å². The Hall–Kier alpha value is -2.54. The summed E-state index contributed by atoms with van der Waals surface area (Å²) in [6.07, 6.45) is -0.494. The molecule has 0 bridgehead atoms. The minimum absolute atomic E-state index is 0.193. The standard InChI is InChI=1S/C21H25BrN2O4/c1-21(2,3)28-20(26)23-9-10-27-18-12-16(11-17(22)13-18)19(25)24-14-15-7-5-4-6-8-15/h4-8,11-13H,9-10,14H2,1-3H3,(H,23,26)(H,24,25). The number of hydrogen-bond acceptors (Lipinski definition) is 4. The zero-order valence-electron chi connectivity index (χ0n) is 16.3. The van der Waals surface area contributed by atoms with Gasteiger partial charge in [0.1, 0.15) is 18.0 Å². The van der Waals surface area contributed by atoms with Crippen LogP contribution >= 0.6 is 15.9 Å². The van der Waals surface area contributed by atoms with Crippen molar-refractivity contribution in [2.75, 3.05) is 13.2 Å². The quantitative estimate of drug-likeness (QED) is 0.619. The fourth-order valence-corrected chi connectivity index (χ4v) is 2.77. The molecule has 150 valence electrons. The fourth-order valence-electron chi connectivity index (χ4n) is 2.29. The highest BCUT2D eigenvalue weighted by atomic mass is 79.9. The summed E-state index contributed by atoms with van der Waals surface area (Å²) < 4.78 is 11.5. The van der Waals surface area contributed by atoms with Crippen molar-refractivity contribution in [3.8, 4) is 5.75 Å². The second-order valence-corrected chi connectivity index (χ2v) is 8.04. The van der Waals surface area contributed by atoms with Crippen LogP contribution in [0.15, 0.2) is 53.0 Å².